The fraction of sp³-hybridized carbons (Fsp3) is 0.500. The molecule has 4 heteroatoms. The van der Waals surface area contributed by atoms with Gasteiger partial charge in [0.05, 0.1) is 11.2 Å². The van der Waals surface area contributed by atoms with Gasteiger partial charge < -0.3 is 15.6 Å². The maximum atomic E-state index is 11.2. The summed E-state index contributed by atoms with van der Waals surface area (Å²) in [7, 11) is 0. The Hall–Kier alpha value is -1.55. The van der Waals surface area contributed by atoms with Crippen molar-refractivity contribution in [1.29, 1.82) is 0 Å². The molecule has 1 amide bonds. The minimum Gasteiger partial charge on any atom is -0.490 e. The second kappa shape index (κ2) is 5.40. The van der Waals surface area contributed by atoms with Crippen LogP contribution in [0.3, 0.4) is 0 Å². The minimum atomic E-state index is -0.761. The number of primary amides is 1. The summed E-state index contributed by atoms with van der Waals surface area (Å²) in [5.41, 5.74) is 4.87. The third kappa shape index (κ3) is 3.01. The van der Waals surface area contributed by atoms with Crippen LogP contribution in [0.5, 0.6) is 5.75 Å². The second-order valence-corrected chi connectivity index (χ2v) is 4.93. The summed E-state index contributed by atoms with van der Waals surface area (Å²) in [6, 6.07) is 6.85. The van der Waals surface area contributed by atoms with Crippen molar-refractivity contribution in [2.45, 2.75) is 37.7 Å². The zero-order valence-electron chi connectivity index (χ0n) is 10.4. The highest BCUT2D eigenvalue weighted by Gasteiger charge is 2.30. The van der Waals surface area contributed by atoms with E-state index >= 15 is 0 Å². The predicted molar refractivity (Wildman–Crippen MR) is 68.5 cm³/mol. The molecule has 0 saturated heterocycles. The number of ether oxygens (including phenoxy) is 1. The molecule has 0 spiro atoms. The third-order valence-corrected chi connectivity index (χ3v) is 3.43. The first-order chi connectivity index (χ1) is 8.61. The normalized spacial score (nSPS) is 18.3. The minimum absolute atomic E-state index is 0.220. The predicted octanol–water partition coefficient (Wildman–Crippen LogP) is 1.86. The van der Waals surface area contributed by atoms with Gasteiger partial charge in [-0.25, -0.2) is 0 Å². The summed E-state index contributed by atoms with van der Waals surface area (Å²) < 4.78 is 5.59. The average Bonchev–Trinajstić information content (AvgIpc) is 2.38. The smallest absolute Gasteiger partial charge is 0.252 e. The standard InChI is InChI=1S/C14H19NO3/c15-13(16)11-6-2-3-7-12(11)18-10-14(17)8-4-1-5-9-14/h2-3,6-7,17H,1,4-5,8-10H2,(H2,15,16). The van der Waals surface area contributed by atoms with Crippen LogP contribution >= 0.6 is 0 Å². The number of aliphatic hydroxyl groups is 1. The van der Waals surface area contributed by atoms with Crippen LogP contribution < -0.4 is 10.5 Å². The van der Waals surface area contributed by atoms with Crippen LogP contribution in [0.15, 0.2) is 24.3 Å². The van der Waals surface area contributed by atoms with Gasteiger partial charge in [0, 0.05) is 0 Å². The molecule has 0 radical (unpaired) electrons. The molecule has 1 saturated carbocycles. The summed E-state index contributed by atoms with van der Waals surface area (Å²) >= 11 is 0. The molecule has 2 rings (SSSR count). The first-order valence-electron chi connectivity index (χ1n) is 6.35. The monoisotopic (exact) mass is 249 g/mol. The Bertz CT molecular complexity index is 425. The van der Waals surface area contributed by atoms with E-state index in [1.807, 2.05) is 0 Å². The molecule has 0 aromatic heterocycles. The van der Waals surface area contributed by atoms with Gasteiger partial charge in [-0.3, -0.25) is 4.79 Å². The largest absolute Gasteiger partial charge is 0.490 e. The average molecular weight is 249 g/mol. The zero-order chi connectivity index (χ0) is 13.0. The lowest BCUT2D eigenvalue weighted by Crippen LogP contribution is -2.38. The molecule has 18 heavy (non-hydrogen) atoms. The van der Waals surface area contributed by atoms with E-state index in [0.29, 0.717) is 11.3 Å². The van der Waals surface area contributed by atoms with E-state index in [0.717, 1.165) is 25.7 Å². The van der Waals surface area contributed by atoms with Crippen molar-refractivity contribution in [3.63, 3.8) is 0 Å². The molecule has 0 aliphatic heterocycles. The number of benzene rings is 1. The zero-order valence-corrected chi connectivity index (χ0v) is 10.4. The summed E-state index contributed by atoms with van der Waals surface area (Å²) in [6.45, 7) is 0.220. The molecule has 3 N–H and O–H groups in total. The van der Waals surface area contributed by atoms with Crippen LogP contribution in [0.1, 0.15) is 42.5 Å². The maximum absolute atomic E-state index is 11.2. The summed E-state index contributed by atoms with van der Waals surface area (Å²) in [5, 5.41) is 10.3. The maximum Gasteiger partial charge on any atom is 0.252 e. The van der Waals surface area contributed by atoms with Crippen LogP contribution in [0.4, 0.5) is 0 Å². The van der Waals surface area contributed by atoms with E-state index in [-0.39, 0.29) is 6.61 Å². The van der Waals surface area contributed by atoms with Crippen molar-refractivity contribution in [2.24, 2.45) is 5.73 Å². The Kier molecular flexibility index (Phi) is 3.87. The van der Waals surface area contributed by atoms with Crippen molar-refractivity contribution in [3.05, 3.63) is 29.8 Å². The van der Waals surface area contributed by atoms with Crippen molar-refractivity contribution < 1.29 is 14.6 Å². The first kappa shape index (κ1) is 12.9. The van der Waals surface area contributed by atoms with Gasteiger partial charge in [-0.1, -0.05) is 31.4 Å². The van der Waals surface area contributed by atoms with Crippen molar-refractivity contribution in [2.75, 3.05) is 6.61 Å². The lowest BCUT2D eigenvalue weighted by molar-refractivity contribution is -0.0340. The number of carbonyl (C=O) groups is 1. The molecule has 0 atom stereocenters. The number of nitrogens with two attached hydrogens (primary N) is 1. The number of amides is 1. The van der Waals surface area contributed by atoms with Gasteiger partial charge in [0.2, 0.25) is 0 Å². The van der Waals surface area contributed by atoms with Gasteiger partial charge in [-0.15, -0.1) is 0 Å². The van der Waals surface area contributed by atoms with E-state index in [9.17, 15) is 9.90 Å². The number of rotatable bonds is 4. The quantitative estimate of drug-likeness (QED) is 0.855. The number of hydrogen-bond acceptors (Lipinski definition) is 3. The van der Waals surface area contributed by atoms with Crippen molar-refractivity contribution >= 4 is 5.91 Å². The molecular weight excluding hydrogens is 230 g/mol. The molecule has 0 unspecified atom stereocenters. The Labute approximate surface area is 107 Å². The van der Waals surface area contributed by atoms with Crippen LogP contribution in [-0.2, 0) is 0 Å². The molecule has 1 aromatic carbocycles. The summed E-state index contributed by atoms with van der Waals surface area (Å²) in [5.74, 6) is -0.0646. The topological polar surface area (TPSA) is 72.6 Å². The fourth-order valence-electron chi connectivity index (χ4n) is 2.36. The molecule has 1 fully saturated rings. The Morgan fingerprint density at radius 2 is 1.94 bits per heavy atom. The lowest BCUT2D eigenvalue weighted by atomic mass is 9.85. The molecule has 4 nitrogen and oxygen atoms in total. The van der Waals surface area contributed by atoms with Crippen LogP contribution in [0.25, 0.3) is 0 Å². The fourth-order valence-corrected chi connectivity index (χ4v) is 2.36. The molecular formula is C14H19NO3. The highest BCUT2D eigenvalue weighted by Crippen LogP contribution is 2.29. The number of hydrogen-bond donors (Lipinski definition) is 2. The van der Waals surface area contributed by atoms with Crippen molar-refractivity contribution in [3.8, 4) is 5.75 Å². The third-order valence-electron chi connectivity index (χ3n) is 3.43. The number of para-hydroxylation sites is 1. The van der Waals surface area contributed by atoms with Crippen LogP contribution in [0, 0.1) is 0 Å². The molecule has 1 aliphatic rings. The van der Waals surface area contributed by atoms with Gasteiger partial charge in [0.25, 0.3) is 5.91 Å². The van der Waals surface area contributed by atoms with E-state index < -0.39 is 11.5 Å². The Balaban J connectivity index is 2.03. The molecule has 98 valence electrons. The van der Waals surface area contributed by atoms with Gasteiger partial charge in [-0.2, -0.15) is 0 Å². The number of carbonyl (C=O) groups excluding carboxylic acids is 1. The van der Waals surface area contributed by atoms with E-state index in [1.165, 1.54) is 6.42 Å². The first-order valence-corrected chi connectivity index (χ1v) is 6.35. The Morgan fingerprint density at radius 1 is 1.28 bits per heavy atom. The molecule has 0 bridgehead atoms. The van der Waals surface area contributed by atoms with E-state index in [2.05, 4.69) is 0 Å². The van der Waals surface area contributed by atoms with E-state index in [1.54, 1.807) is 24.3 Å². The van der Waals surface area contributed by atoms with E-state index in [4.69, 9.17) is 10.5 Å². The summed E-state index contributed by atoms with van der Waals surface area (Å²) in [6.07, 6.45) is 4.73. The Morgan fingerprint density at radius 3 is 2.61 bits per heavy atom. The van der Waals surface area contributed by atoms with Crippen LogP contribution in [0.2, 0.25) is 0 Å². The SMILES string of the molecule is NC(=O)c1ccccc1OCC1(O)CCCCC1. The van der Waals surface area contributed by atoms with Gasteiger partial charge in [0.1, 0.15) is 12.4 Å². The highest BCUT2D eigenvalue weighted by molar-refractivity contribution is 5.95. The molecule has 0 heterocycles. The highest BCUT2D eigenvalue weighted by atomic mass is 16.5. The van der Waals surface area contributed by atoms with Crippen LogP contribution in [-0.4, -0.2) is 23.2 Å². The second-order valence-electron chi connectivity index (χ2n) is 4.93. The van der Waals surface area contributed by atoms with Crippen molar-refractivity contribution in [1.82, 2.24) is 0 Å². The van der Waals surface area contributed by atoms with Gasteiger partial charge >= 0.3 is 0 Å². The van der Waals surface area contributed by atoms with Gasteiger partial charge in [0.15, 0.2) is 0 Å². The molecule has 1 aliphatic carbocycles. The molecule has 1 aromatic rings. The van der Waals surface area contributed by atoms with Gasteiger partial charge in [-0.05, 0) is 25.0 Å². The lowest BCUT2D eigenvalue weighted by Gasteiger charge is -2.31. The summed E-state index contributed by atoms with van der Waals surface area (Å²) in [4.78, 5) is 11.2.